The molecule has 164 valence electrons. The molecule has 0 spiro atoms. The number of hydrogen-bond acceptors (Lipinski definition) is 6. The minimum atomic E-state index is -0.511. The van der Waals surface area contributed by atoms with Crippen LogP contribution in [-0.2, 0) is 22.6 Å². The predicted molar refractivity (Wildman–Crippen MR) is 111 cm³/mol. The molecular weight excluding hydrogens is 388 g/mol. The van der Waals surface area contributed by atoms with Crippen molar-refractivity contribution in [1.82, 2.24) is 15.5 Å². The number of rotatable bonds is 5. The van der Waals surface area contributed by atoms with Gasteiger partial charge in [-0.2, -0.15) is 0 Å². The second kappa shape index (κ2) is 8.99. The fraction of sp³-hybridized carbons (Fsp3) is 0.619. The maximum Gasteiger partial charge on any atom is 0.407 e. The van der Waals surface area contributed by atoms with E-state index in [0.29, 0.717) is 13.1 Å². The number of benzene rings is 1. The van der Waals surface area contributed by atoms with Crippen LogP contribution in [0, 0.1) is 10.1 Å². The zero-order valence-corrected chi connectivity index (χ0v) is 17.8. The van der Waals surface area contributed by atoms with E-state index in [2.05, 4.69) is 10.6 Å². The van der Waals surface area contributed by atoms with Crippen molar-refractivity contribution in [3.63, 3.8) is 0 Å². The zero-order valence-electron chi connectivity index (χ0n) is 17.8. The number of non-ortho nitro benzene ring substituents is 1. The highest BCUT2D eigenvalue weighted by Gasteiger charge is 2.27. The second-order valence-electron chi connectivity index (χ2n) is 9.04. The number of nitrogens with one attached hydrogen (secondary N) is 2. The van der Waals surface area contributed by atoms with E-state index in [1.54, 1.807) is 17.0 Å². The Morgan fingerprint density at radius 1 is 1.13 bits per heavy atom. The highest BCUT2D eigenvalue weighted by Crippen LogP contribution is 2.27. The Kier molecular flexibility index (Phi) is 6.60. The molecule has 0 aromatic heterocycles. The van der Waals surface area contributed by atoms with Crippen LogP contribution in [-0.4, -0.2) is 46.1 Å². The molecule has 1 aromatic carbocycles. The number of fused-ring (bicyclic) bond motifs is 1. The van der Waals surface area contributed by atoms with Crippen molar-refractivity contribution in [2.24, 2.45) is 0 Å². The minimum absolute atomic E-state index is 0.0112. The third-order valence-corrected chi connectivity index (χ3v) is 5.47. The Balaban J connectivity index is 1.39. The molecule has 9 nitrogen and oxygen atoms in total. The fourth-order valence-electron chi connectivity index (χ4n) is 3.93. The number of nitro groups is 1. The van der Waals surface area contributed by atoms with E-state index in [1.165, 1.54) is 6.07 Å². The summed E-state index contributed by atoms with van der Waals surface area (Å²) in [6.07, 6.45) is 3.04. The van der Waals surface area contributed by atoms with E-state index in [0.717, 1.165) is 36.8 Å². The van der Waals surface area contributed by atoms with Crippen LogP contribution in [0.5, 0.6) is 0 Å². The number of alkyl carbamates (subject to hydrolysis) is 1. The van der Waals surface area contributed by atoms with Crippen LogP contribution in [0.3, 0.4) is 0 Å². The number of carbonyl (C=O) groups excluding carboxylic acids is 2. The lowest BCUT2D eigenvalue weighted by Gasteiger charge is -2.30. The summed E-state index contributed by atoms with van der Waals surface area (Å²) < 4.78 is 5.30. The molecule has 9 heteroatoms. The number of carbonyl (C=O) groups is 2. The lowest BCUT2D eigenvalue weighted by atomic mass is 9.91. The van der Waals surface area contributed by atoms with Crippen molar-refractivity contribution in [3.8, 4) is 0 Å². The van der Waals surface area contributed by atoms with E-state index >= 15 is 0 Å². The first-order valence-electron chi connectivity index (χ1n) is 10.4. The summed E-state index contributed by atoms with van der Waals surface area (Å²) in [4.78, 5) is 36.7. The van der Waals surface area contributed by atoms with Crippen molar-refractivity contribution in [1.29, 1.82) is 0 Å². The number of hydrogen-bond donors (Lipinski definition) is 2. The molecule has 0 radical (unpaired) electrons. The average Bonchev–Trinajstić information content (AvgIpc) is 3.09. The fourth-order valence-corrected chi connectivity index (χ4v) is 3.93. The Morgan fingerprint density at radius 2 is 1.77 bits per heavy atom. The third kappa shape index (κ3) is 5.91. The van der Waals surface area contributed by atoms with E-state index in [1.807, 2.05) is 20.8 Å². The summed E-state index contributed by atoms with van der Waals surface area (Å²) in [6.45, 7) is 6.65. The Morgan fingerprint density at radius 3 is 2.40 bits per heavy atom. The second-order valence-corrected chi connectivity index (χ2v) is 9.04. The van der Waals surface area contributed by atoms with Gasteiger partial charge in [0.25, 0.3) is 5.69 Å². The van der Waals surface area contributed by atoms with Gasteiger partial charge in [0, 0.05) is 37.3 Å². The van der Waals surface area contributed by atoms with Crippen LogP contribution in [0.4, 0.5) is 10.5 Å². The first-order chi connectivity index (χ1) is 14.1. The Hall–Kier alpha value is -2.68. The smallest absolute Gasteiger partial charge is 0.407 e. The van der Waals surface area contributed by atoms with Crippen LogP contribution in [0.2, 0.25) is 0 Å². The molecule has 1 aromatic rings. The van der Waals surface area contributed by atoms with Gasteiger partial charge < -0.3 is 20.3 Å². The van der Waals surface area contributed by atoms with Gasteiger partial charge in [0.1, 0.15) is 5.60 Å². The molecule has 1 aliphatic carbocycles. The van der Waals surface area contributed by atoms with E-state index in [9.17, 15) is 19.7 Å². The topological polar surface area (TPSA) is 114 Å². The van der Waals surface area contributed by atoms with E-state index < -0.39 is 10.5 Å². The van der Waals surface area contributed by atoms with Gasteiger partial charge in [-0.1, -0.05) is 6.07 Å². The van der Waals surface area contributed by atoms with Crippen molar-refractivity contribution >= 4 is 17.7 Å². The van der Waals surface area contributed by atoms with Gasteiger partial charge in [0.2, 0.25) is 5.91 Å². The monoisotopic (exact) mass is 418 g/mol. The highest BCUT2D eigenvalue weighted by molar-refractivity contribution is 5.79. The number of ether oxygens (including phenoxy) is 1. The first-order valence-corrected chi connectivity index (χ1v) is 10.4. The van der Waals surface area contributed by atoms with Gasteiger partial charge in [0.15, 0.2) is 0 Å². The predicted octanol–water partition coefficient (Wildman–Crippen LogP) is 2.86. The maximum atomic E-state index is 12.6. The van der Waals surface area contributed by atoms with E-state index in [4.69, 9.17) is 4.74 Å². The number of nitrogens with zero attached hydrogens (tertiary/aromatic N) is 2. The van der Waals surface area contributed by atoms with Crippen LogP contribution in [0.25, 0.3) is 0 Å². The number of nitro benzene ring substituents is 1. The molecule has 1 heterocycles. The summed E-state index contributed by atoms with van der Waals surface area (Å²) in [7, 11) is 0. The lowest BCUT2D eigenvalue weighted by molar-refractivity contribution is -0.384. The highest BCUT2D eigenvalue weighted by atomic mass is 16.6. The molecule has 2 N–H and O–H groups in total. The van der Waals surface area contributed by atoms with Gasteiger partial charge >= 0.3 is 6.09 Å². The molecule has 0 saturated heterocycles. The Labute approximate surface area is 176 Å². The summed E-state index contributed by atoms with van der Waals surface area (Å²) in [5.74, 6) is -0.0112. The van der Waals surface area contributed by atoms with Gasteiger partial charge in [-0.3, -0.25) is 14.9 Å². The third-order valence-electron chi connectivity index (χ3n) is 5.47. The molecule has 0 atom stereocenters. The summed E-state index contributed by atoms with van der Waals surface area (Å²) >= 11 is 0. The molecule has 1 fully saturated rings. The minimum Gasteiger partial charge on any atom is -0.444 e. The maximum absolute atomic E-state index is 12.6. The Bertz CT molecular complexity index is 812. The first kappa shape index (κ1) is 22.0. The molecular formula is C21H30N4O5. The molecule has 3 rings (SSSR count). The quantitative estimate of drug-likeness (QED) is 0.561. The normalized spacial score (nSPS) is 21.1. The van der Waals surface area contributed by atoms with Crippen molar-refractivity contribution < 1.29 is 19.2 Å². The number of amides is 2. The molecule has 2 aliphatic rings. The summed E-state index contributed by atoms with van der Waals surface area (Å²) in [5.41, 5.74) is 1.34. The standard InChI is InChI=1S/C21H30N4O5/c1-21(2,3)30-20(27)23-17-7-5-16(6-8-17)22-11-19(26)24-12-14-4-9-18(25(28)29)10-15(14)13-24/h4,9-10,16-17,22H,5-8,11-13H2,1-3H3,(H,23,27)/t16-,17-. The SMILES string of the molecule is CC(C)(C)OC(=O)N[C@H]1CC[C@H](NCC(=O)N2Cc3ccc([N+](=O)[O-])cc3C2)CC1. The molecule has 0 unspecified atom stereocenters. The van der Waals surface area contributed by atoms with Crippen LogP contribution in [0.1, 0.15) is 57.6 Å². The van der Waals surface area contributed by atoms with Crippen molar-refractivity contribution in [3.05, 3.63) is 39.4 Å². The zero-order chi connectivity index (χ0) is 21.9. The van der Waals surface area contributed by atoms with E-state index in [-0.39, 0.29) is 36.3 Å². The largest absolute Gasteiger partial charge is 0.444 e. The molecule has 30 heavy (non-hydrogen) atoms. The summed E-state index contributed by atoms with van der Waals surface area (Å²) in [6, 6.07) is 5.09. The van der Waals surface area contributed by atoms with Crippen LogP contribution >= 0.6 is 0 Å². The molecule has 2 amide bonds. The molecule has 1 saturated carbocycles. The molecule has 0 bridgehead atoms. The summed E-state index contributed by atoms with van der Waals surface area (Å²) in [5, 5.41) is 17.2. The van der Waals surface area contributed by atoms with Gasteiger partial charge in [0.05, 0.1) is 11.5 Å². The average molecular weight is 418 g/mol. The van der Waals surface area contributed by atoms with Crippen molar-refractivity contribution in [2.75, 3.05) is 6.54 Å². The van der Waals surface area contributed by atoms with Crippen LogP contribution < -0.4 is 10.6 Å². The van der Waals surface area contributed by atoms with Crippen LogP contribution in [0.15, 0.2) is 18.2 Å². The van der Waals surface area contributed by atoms with Crippen molar-refractivity contribution in [2.45, 2.75) is 77.2 Å². The van der Waals surface area contributed by atoms with Gasteiger partial charge in [-0.25, -0.2) is 4.79 Å². The van der Waals surface area contributed by atoms with Gasteiger partial charge in [-0.05, 0) is 57.6 Å². The lowest BCUT2D eigenvalue weighted by Crippen LogP contribution is -2.45. The molecule has 1 aliphatic heterocycles. The van der Waals surface area contributed by atoms with Gasteiger partial charge in [-0.15, -0.1) is 0 Å².